The van der Waals surface area contributed by atoms with Crippen LogP contribution in [0.2, 0.25) is 0 Å². The summed E-state index contributed by atoms with van der Waals surface area (Å²) in [6, 6.07) is 13.7. The van der Waals surface area contributed by atoms with Crippen LogP contribution in [0.15, 0.2) is 53.6 Å². The Morgan fingerprint density at radius 2 is 1.79 bits per heavy atom. The van der Waals surface area contributed by atoms with Gasteiger partial charge in [0.2, 0.25) is 0 Å². The van der Waals surface area contributed by atoms with Gasteiger partial charge in [-0.15, -0.1) is 0 Å². The first-order valence-corrected chi connectivity index (χ1v) is 6.05. The summed E-state index contributed by atoms with van der Waals surface area (Å²) in [4.78, 5) is 18.5. The number of nitrogens with two attached hydrogens (primary N) is 1. The van der Waals surface area contributed by atoms with Gasteiger partial charge in [0.25, 0.3) is 5.56 Å². The van der Waals surface area contributed by atoms with Crippen LogP contribution in [0.4, 0.5) is 0 Å². The van der Waals surface area contributed by atoms with Gasteiger partial charge in [-0.3, -0.25) is 4.79 Å². The normalized spacial score (nSPS) is 10.8. The van der Waals surface area contributed by atoms with Crippen molar-refractivity contribution in [1.29, 1.82) is 0 Å². The minimum atomic E-state index is -0.120. The third-order valence-corrected chi connectivity index (χ3v) is 3.16. The van der Waals surface area contributed by atoms with Crippen LogP contribution in [0.25, 0.3) is 22.0 Å². The number of rotatable bonds is 2. The topological polar surface area (TPSA) is 71.8 Å². The molecule has 0 bridgehead atoms. The van der Waals surface area contributed by atoms with Crippen LogP contribution < -0.4 is 11.3 Å². The van der Waals surface area contributed by atoms with Crippen molar-refractivity contribution in [2.75, 3.05) is 0 Å². The van der Waals surface area contributed by atoms with Gasteiger partial charge in [0.05, 0.1) is 17.2 Å². The molecule has 94 valence electrons. The van der Waals surface area contributed by atoms with Crippen LogP contribution in [-0.4, -0.2) is 9.97 Å². The molecule has 0 saturated carbocycles. The average Bonchev–Trinajstić information content (AvgIpc) is 2.47. The van der Waals surface area contributed by atoms with E-state index in [1.54, 1.807) is 0 Å². The Hall–Kier alpha value is -2.46. The summed E-state index contributed by atoms with van der Waals surface area (Å²) in [5.74, 6) is 0. The quantitative estimate of drug-likeness (QED) is 0.732. The lowest BCUT2D eigenvalue weighted by Crippen LogP contribution is -2.05. The van der Waals surface area contributed by atoms with Crippen molar-refractivity contribution in [3.8, 4) is 11.1 Å². The Morgan fingerprint density at radius 3 is 2.53 bits per heavy atom. The number of hydrogen-bond acceptors (Lipinski definition) is 3. The maximum atomic E-state index is 11.8. The number of hydrogen-bond donors (Lipinski definition) is 2. The van der Waals surface area contributed by atoms with E-state index in [0.29, 0.717) is 17.4 Å². The molecule has 4 nitrogen and oxygen atoms in total. The highest BCUT2D eigenvalue weighted by molar-refractivity contribution is 5.83. The van der Waals surface area contributed by atoms with Gasteiger partial charge in [-0.1, -0.05) is 30.3 Å². The maximum absolute atomic E-state index is 11.8. The fourth-order valence-electron chi connectivity index (χ4n) is 2.08. The number of benzene rings is 2. The lowest BCUT2D eigenvalue weighted by Gasteiger charge is -2.04. The molecule has 3 N–H and O–H groups in total. The van der Waals surface area contributed by atoms with E-state index >= 15 is 0 Å². The maximum Gasteiger partial charge on any atom is 0.258 e. The molecule has 4 heteroatoms. The van der Waals surface area contributed by atoms with Crippen LogP contribution in [0, 0.1) is 0 Å². The fraction of sp³-hybridized carbons (Fsp3) is 0.0667. The molecule has 0 aliphatic heterocycles. The smallest absolute Gasteiger partial charge is 0.258 e. The van der Waals surface area contributed by atoms with Crippen LogP contribution in [0.1, 0.15) is 5.56 Å². The summed E-state index contributed by atoms with van der Waals surface area (Å²) < 4.78 is 0. The van der Waals surface area contributed by atoms with Gasteiger partial charge in [-0.05, 0) is 28.8 Å². The number of nitrogens with zero attached hydrogens (tertiary/aromatic N) is 1. The van der Waals surface area contributed by atoms with E-state index in [0.717, 1.165) is 16.7 Å². The molecule has 0 radical (unpaired) electrons. The standard InChI is InChI=1S/C15H13N3O/c16-8-10-1-3-11(4-2-10)12-5-6-14-13(7-12)15(19)18-9-17-14/h1-7,9H,8,16H2,(H,17,18,19). The highest BCUT2D eigenvalue weighted by atomic mass is 16.1. The Balaban J connectivity index is 2.14. The Morgan fingerprint density at radius 1 is 1.05 bits per heavy atom. The van der Waals surface area contributed by atoms with Crippen LogP contribution in [-0.2, 0) is 6.54 Å². The number of aromatic amines is 1. The number of fused-ring (bicyclic) bond motifs is 1. The molecule has 0 aliphatic rings. The van der Waals surface area contributed by atoms with E-state index in [4.69, 9.17) is 5.73 Å². The van der Waals surface area contributed by atoms with Gasteiger partial charge in [0, 0.05) is 6.54 Å². The molecule has 19 heavy (non-hydrogen) atoms. The first-order chi connectivity index (χ1) is 9.28. The summed E-state index contributed by atoms with van der Waals surface area (Å²) in [5, 5.41) is 0.600. The Labute approximate surface area is 109 Å². The van der Waals surface area contributed by atoms with Gasteiger partial charge in [-0.25, -0.2) is 4.98 Å². The van der Waals surface area contributed by atoms with E-state index in [1.807, 2.05) is 42.5 Å². The molecule has 3 aromatic rings. The van der Waals surface area contributed by atoms with Gasteiger partial charge >= 0.3 is 0 Å². The molecule has 1 heterocycles. The highest BCUT2D eigenvalue weighted by Gasteiger charge is 2.03. The highest BCUT2D eigenvalue weighted by Crippen LogP contribution is 2.22. The monoisotopic (exact) mass is 251 g/mol. The first kappa shape index (κ1) is 11.6. The van der Waals surface area contributed by atoms with Crippen LogP contribution in [0.5, 0.6) is 0 Å². The zero-order valence-corrected chi connectivity index (χ0v) is 10.3. The fourth-order valence-corrected chi connectivity index (χ4v) is 2.08. The molecule has 0 fully saturated rings. The first-order valence-electron chi connectivity index (χ1n) is 6.05. The molecule has 1 aromatic heterocycles. The number of H-pyrrole nitrogens is 1. The Bertz CT molecular complexity index is 775. The predicted octanol–water partition coefficient (Wildman–Crippen LogP) is 2.05. The zero-order valence-electron chi connectivity index (χ0n) is 10.3. The lowest BCUT2D eigenvalue weighted by molar-refractivity contribution is 1.07. The minimum absolute atomic E-state index is 0.120. The van der Waals surface area contributed by atoms with Crippen molar-refractivity contribution < 1.29 is 0 Å². The van der Waals surface area contributed by atoms with Crippen LogP contribution >= 0.6 is 0 Å². The molecule has 0 spiro atoms. The van der Waals surface area contributed by atoms with Crippen molar-refractivity contribution in [3.05, 3.63) is 64.7 Å². The number of aromatic nitrogens is 2. The second-order valence-electron chi connectivity index (χ2n) is 4.36. The third kappa shape index (κ3) is 2.13. The largest absolute Gasteiger partial charge is 0.326 e. The average molecular weight is 251 g/mol. The van der Waals surface area contributed by atoms with Gasteiger partial charge in [-0.2, -0.15) is 0 Å². The SMILES string of the molecule is NCc1ccc(-c2ccc3nc[nH]c(=O)c3c2)cc1. The van der Waals surface area contributed by atoms with E-state index < -0.39 is 0 Å². The van der Waals surface area contributed by atoms with Crippen molar-refractivity contribution in [3.63, 3.8) is 0 Å². The minimum Gasteiger partial charge on any atom is -0.326 e. The summed E-state index contributed by atoms with van der Waals surface area (Å²) >= 11 is 0. The molecule has 0 saturated heterocycles. The molecule has 0 aliphatic carbocycles. The molecule has 2 aromatic carbocycles. The van der Waals surface area contributed by atoms with Gasteiger partial charge < -0.3 is 10.7 Å². The van der Waals surface area contributed by atoms with Crippen LogP contribution in [0.3, 0.4) is 0 Å². The van der Waals surface area contributed by atoms with E-state index in [-0.39, 0.29) is 5.56 Å². The molecule has 0 atom stereocenters. The second-order valence-corrected chi connectivity index (χ2v) is 4.36. The molecule has 0 amide bonds. The van der Waals surface area contributed by atoms with Crippen molar-refractivity contribution in [2.24, 2.45) is 5.73 Å². The molecular weight excluding hydrogens is 238 g/mol. The summed E-state index contributed by atoms with van der Waals surface area (Å²) in [7, 11) is 0. The van der Waals surface area contributed by atoms with Crippen molar-refractivity contribution >= 4 is 10.9 Å². The number of nitrogens with one attached hydrogen (secondary N) is 1. The summed E-state index contributed by atoms with van der Waals surface area (Å²) in [5.41, 5.74) is 9.30. The van der Waals surface area contributed by atoms with E-state index in [2.05, 4.69) is 9.97 Å². The molecular formula is C15H13N3O. The second kappa shape index (κ2) is 4.66. The van der Waals surface area contributed by atoms with Crippen molar-refractivity contribution in [1.82, 2.24) is 9.97 Å². The lowest BCUT2D eigenvalue weighted by atomic mass is 10.0. The van der Waals surface area contributed by atoms with Gasteiger partial charge in [0.1, 0.15) is 0 Å². The summed E-state index contributed by atoms with van der Waals surface area (Å²) in [6.07, 6.45) is 1.42. The zero-order chi connectivity index (χ0) is 13.2. The van der Waals surface area contributed by atoms with E-state index in [9.17, 15) is 4.79 Å². The molecule has 3 rings (SSSR count). The molecule has 0 unspecified atom stereocenters. The predicted molar refractivity (Wildman–Crippen MR) is 75.7 cm³/mol. The van der Waals surface area contributed by atoms with Gasteiger partial charge in [0.15, 0.2) is 0 Å². The summed E-state index contributed by atoms with van der Waals surface area (Å²) in [6.45, 7) is 0.529. The third-order valence-electron chi connectivity index (χ3n) is 3.16. The Kier molecular flexibility index (Phi) is 2.85. The van der Waals surface area contributed by atoms with Crippen molar-refractivity contribution in [2.45, 2.75) is 6.54 Å². The van der Waals surface area contributed by atoms with E-state index in [1.165, 1.54) is 6.33 Å².